The molecule has 0 N–H and O–H groups in total. The maximum Gasteiger partial charge on any atom is 0.257 e. The van der Waals surface area contributed by atoms with Crippen molar-refractivity contribution in [2.75, 3.05) is 38.2 Å². The smallest absolute Gasteiger partial charge is 0.257 e. The molecule has 0 bridgehead atoms. The van der Waals surface area contributed by atoms with Crippen LogP contribution in [0.15, 0.2) is 54.9 Å². The molecule has 0 radical (unpaired) electrons. The van der Waals surface area contributed by atoms with E-state index in [2.05, 4.69) is 36.8 Å². The molecule has 8 heteroatoms. The van der Waals surface area contributed by atoms with Crippen molar-refractivity contribution in [3.63, 3.8) is 0 Å². The Morgan fingerprint density at radius 3 is 2.50 bits per heavy atom. The Labute approximate surface area is 238 Å². The first-order valence-corrected chi connectivity index (χ1v) is 14.4. The predicted molar refractivity (Wildman–Crippen MR) is 159 cm³/mol. The standard InChI is InChI=1S/C32H43N5O3/c1-6-15-36-23-28(21-33-36)32(39)35-19-18-34(24(2)3)16-8-17-37(31-25(4)9-7-10-27(31)22-35)30(38)20-26-11-13-29(40-5)14-12-26/h7,9-14,21,23-24H,6,8,15-20,22H2,1-5H3. The number of methoxy groups -OCH3 is 1. The van der Waals surface area contributed by atoms with E-state index >= 15 is 0 Å². The molecule has 3 aromatic rings. The number of hydrogen-bond acceptors (Lipinski definition) is 5. The molecule has 0 saturated carbocycles. The van der Waals surface area contributed by atoms with Crippen LogP contribution in [0.25, 0.3) is 0 Å². The highest BCUT2D eigenvalue weighted by atomic mass is 16.5. The van der Waals surface area contributed by atoms with Crippen LogP contribution in [0, 0.1) is 6.92 Å². The van der Waals surface area contributed by atoms with Gasteiger partial charge in [-0.05, 0) is 62.4 Å². The first kappa shape index (κ1) is 29.3. The van der Waals surface area contributed by atoms with Gasteiger partial charge in [0, 0.05) is 51.5 Å². The van der Waals surface area contributed by atoms with E-state index in [-0.39, 0.29) is 11.8 Å². The summed E-state index contributed by atoms with van der Waals surface area (Å²) >= 11 is 0. The van der Waals surface area contributed by atoms with Crippen LogP contribution in [-0.2, 0) is 24.3 Å². The number of carbonyl (C=O) groups excluding carboxylic acids is 2. The van der Waals surface area contributed by atoms with Crippen molar-refractivity contribution in [1.82, 2.24) is 19.6 Å². The third-order valence-corrected chi connectivity index (χ3v) is 7.60. The maximum absolute atomic E-state index is 13.9. The fraction of sp³-hybridized carbons (Fsp3) is 0.469. The molecule has 2 amide bonds. The zero-order valence-electron chi connectivity index (χ0n) is 24.6. The summed E-state index contributed by atoms with van der Waals surface area (Å²) in [6.07, 6.45) is 5.61. The highest BCUT2D eigenvalue weighted by Gasteiger charge is 2.26. The van der Waals surface area contributed by atoms with Crippen LogP contribution in [0.3, 0.4) is 0 Å². The first-order chi connectivity index (χ1) is 19.3. The number of benzene rings is 2. The number of anilines is 1. The number of hydrogen-bond donors (Lipinski definition) is 0. The molecule has 0 spiro atoms. The number of carbonyl (C=O) groups is 2. The minimum atomic E-state index is -0.0335. The lowest BCUT2D eigenvalue weighted by atomic mass is 10.0. The van der Waals surface area contributed by atoms with Crippen LogP contribution in [0.2, 0.25) is 0 Å². The Morgan fingerprint density at radius 1 is 1.02 bits per heavy atom. The summed E-state index contributed by atoms with van der Waals surface area (Å²) < 4.78 is 7.12. The molecule has 214 valence electrons. The van der Waals surface area contributed by atoms with E-state index in [1.165, 1.54) is 0 Å². The minimum absolute atomic E-state index is 0.0335. The summed E-state index contributed by atoms with van der Waals surface area (Å²) in [6.45, 7) is 12.6. The molecular formula is C32H43N5O3. The molecular weight excluding hydrogens is 502 g/mol. The molecule has 0 aliphatic carbocycles. The van der Waals surface area contributed by atoms with E-state index in [0.717, 1.165) is 60.6 Å². The second-order valence-corrected chi connectivity index (χ2v) is 10.9. The first-order valence-electron chi connectivity index (χ1n) is 14.4. The van der Waals surface area contributed by atoms with Crippen molar-refractivity contribution in [3.05, 3.63) is 77.1 Å². The Kier molecular flexibility index (Phi) is 9.98. The molecule has 0 saturated heterocycles. The van der Waals surface area contributed by atoms with Gasteiger partial charge in [-0.2, -0.15) is 5.10 Å². The van der Waals surface area contributed by atoms with Crippen LogP contribution >= 0.6 is 0 Å². The number of rotatable bonds is 7. The Morgan fingerprint density at radius 2 is 1.80 bits per heavy atom. The van der Waals surface area contributed by atoms with Crippen molar-refractivity contribution in [3.8, 4) is 5.75 Å². The lowest BCUT2D eigenvalue weighted by Gasteiger charge is -2.30. The van der Waals surface area contributed by atoms with Gasteiger partial charge in [-0.1, -0.05) is 37.3 Å². The van der Waals surface area contributed by atoms with Gasteiger partial charge in [0.1, 0.15) is 5.75 Å². The number of nitrogens with zero attached hydrogens (tertiary/aromatic N) is 5. The Hall–Kier alpha value is -3.65. The van der Waals surface area contributed by atoms with E-state index in [1.54, 1.807) is 13.3 Å². The van der Waals surface area contributed by atoms with Crippen LogP contribution in [0.4, 0.5) is 5.69 Å². The number of fused-ring (bicyclic) bond motifs is 1. The predicted octanol–water partition coefficient (Wildman–Crippen LogP) is 4.94. The number of aromatic nitrogens is 2. The SMILES string of the molecule is CCCn1cc(C(=O)N2CCN(C(C)C)CCCN(C(=O)Cc3ccc(OC)cc3)c3c(C)cccc3C2)cn1. The van der Waals surface area contributed by atoms with Gasteiger partial charge in [-0.25, -0.2) is 0 Å². The molecule has 2 aromatic carbocycles. The van der Waals surface area contributed by atoms with E-state index in [0.29, 0.717) is 37.7 Å². The van der Waals surface area contributed by atoms with E-state index in [9.17, 15) is 9.59 Å². The Bertz CT molecular complexity index is 1280. The Balaban J connectivity index is 1.69. The van der Waals surface area contributed by atoms with Crippen LogP contribution < -0.4 is 9.64 Å². The number of aryl methyl sites for hydroxylation is 2. The van der Waals surface area contributed by atoms with Crippen LogP contribution in [-0.4, -0.2) is 70.7 Å². The molecule has 0 unspecified atom stereocenters. The zero-order valence-corrected chi connectivity index (χ0v) is 24.6. The van der Waals surface area contributed by atoms with Crippen molar-refractivity contribution in [2.24, 2.45) is 0 Å². The summed E-state index contributed by atoms with van der Waals surface area (Å²) in [7, 11) is 1.64. The minimum Gasteiger partial charge on any atom is -0.497 e. The number of ether oxygens (including phenoxy) is 1. The van der Waals surface area contributed by atoms with Gasteiger partial charge in [-0.3, -0.25) is 19.2 Å². The third-order valence-electron chi connectivity index (χ3n) is 7.60. The fourth-order valence-corrected chi connectivity index (χ4v) is 5.38. The average molecular weight is 546 g/mol. The van der Waals surface area contributed by atoms with E-state index < -0.39 is 0 Å². The second kappa shape index (κ2) is 13.6. The molecule has 0 fully saturated rings. The zero-order chi connectivity index (χ0) is 28.6. The second-order valence-electron chi connectivity index (χ2n) is 10.9. The van der Waals surface area contributed by atoms with Crippen molar-refractivity contribution in [1.29, 1.82) is 0 Å². The summed E-state index contributed by atoms with van der Waals surface area (Å²) in [6, 6.07) is 14.1. The van der Waals surface area contributed by atoms with Crippen LogP contribution in [0.5, 0.6) is 5.75 Å². The van der Waals surface area contributed by atoms with Gasteiger partial charge in [0.05, 0.1) is 31.0 Å². The molecule has 4 rings (SSSR count). The molecule has 1 aliphatic heterocycles. The largest absolute Gasteiger partial charge is 0.497 e. The third kappa shape index (κ3) is 7.10. The quantitative estimate of drug-likeness (QED) is 0.421. The topological polar surface area (TPSA) is 70.9 Å². The van der Waals surface area contributed by atoms with Crippen molar-refractivity contribution >= 4 is 17.5 Å². The summed E-state index contributed by atoms with van der Waals surface area (Å²) in [5.74, 6) is 0.787. The van der Waals surface area contributed by atoms with Gasteiger partial charge in [-0.15, -0.1) is 0 Å². The maximum atomic E-state index is 13.9. The van der Waals surface area contributed by atoms with Gasteiger partial charge in [0.25, 0.3) is 5.91 Å². The number of amides is 2. The van der Waals surface area contributed by atoms with E-state index in [1.807, 2.05) is 64.0 Å². The molecule has 1 aliphatic rings. The van der Waals surface area contributed by atoms with Gasteiger partial charge in [0.15, 0.2) is 0 Å². The molecule has 0 atom stereocenters. The van der Waals surface area contributed by atoms with Crippen molar-refractivity contribution < 1.29 is 14.3 Å². The summed E-state index contributed by atoms with van der Waals surface area (Å²) in [5, 5.41) is 4.40. The normalized spacial score (nSPS) is 15.1. The monoisotopic (exact) mass is 545 g/mol. The lowest BCUT2D eigenvalue weighted by molar-refractivity contribution is -0.118. The molecule has 2 heterocycles. The number of para-hydroxylation sites is 1. The van der Waals surface area contributed by atoms with Gasteiger partial charge < -0.3 is 14.5 Å². The molecule has 40 heavy (non-hydrogen) atoms. The van der Waals surface area contributed by atoms with Gasteiger partial charge in [0.2, 0.25) is 5.91 Å². The van der Waals surface area contributed by atoms with Gasteiger partial charge >= 0.3 is 0 Å². The van der Waals surface area contributed by atoms with Crippen LogP contribution in [0.1, 0.15) is 60.7 Å². The highest BCUT2D eigenvalue weighted by molar-refractivity contribution is 5.97. The fourth-order valence-electron chi connectivity index (χ4n) is 5.38. The van der Waals surface area contributed by atoms with Crippen molar-refractivity contribution in [2.45, 2.75) is 66.1 Å². The molecule has 1 aromatic heterocycles. The molecule has 8 nitrogen and oxygen atoms in total. The average Bonchev–Trinajstić information content (AvgIpc) is 3.39. The lowest BCUT2D eigenvalue weighted by Crippen LogP contribution is -2.41. The highest BCUT2D eigenvalue weighted by Crippen LogP contribution is 2.29. The summed E-state index contributed by atoms with van der Waals surface area (Å²) in [4.78, 5) is 34.0. The summed E-state index contributed by atoms with van der Waals surface area (Å²) in [5.41, 5.74) is 4.47. The van der Waals surface area contributed by atoms with E-state index in [4.69, 9.17) is 4.74 Å².